The maximum absolute atomic E-state index is 12.6. The van der Waals surface area contributed by atoms with E-state index in [0.29, 0.717) is 17.9 Å². The molecule has 1 aliphatic heterocycles. The van der Waals surface area contributed by atoms with E-state index < -0.39 is 6.29 Å². The maximum Gasteiger partial charge on any atom is 0.253 e. The van der Waals surface area contributed by atoms with Gasteiger partial charge in [-0.1, -0.05) is 91.5 Å². The fraction of sp³-hybridized carbons (Fsp3) is 0.235. The molecule has 6 rings (SSSR count). The van der Waals surface area contributed by atoms with Gasteiger partial charge in [0.15, 0.2) is 11.4 Å². The average Bonchev–Trinajstić information content (AvgIpc) is 3.61. The molecule has 1 fully saturated rings. The van der Waals surface area contributed by atoms with E-state index in [4.69, 9.17) is 9.47 Å². The molecule has 0 aliphatic carbocycles. The van der Waals surface area contributed by atoms with Gasteiger partial charge in [-0.2, -0.15) is 5.10 Å². The molecule has 1 saturated heterocycles. The van der Waals surface area contributed by atoms with E-state index in [1.807, 2.05) is 54.6 Å². The Morgan fingerprint density at radius 2 is 1.77 bits per heavy atom. The molecule has 0 saturated carbocycles. The number of aromatic nitrogens is 4. The van der Waals surface area contributed by atoms with Crippen molar-refractivity contribution >= 4 is 17.7 Å². The topological polar surface area (TPSA) is 122 Å². The van der Waals surface area contributed by atoms with Crippen LogP contribution in [0.25, 0.3) is 11.1 Å². The Labute approximate surface area is 260 Å². The molecule has 0 bridgehead atoms. The van der Waals surface area contributed by atoms with Crippen LogP contribution in [0.3, 0.4) is 0 Å². The number of carbonyl (C=O) groups excluding carboxylic acids is 1. The van der Waals surface area contributed by atoms with E-state index >= 15 is 0 Å². The summed E-state index contributed by atoms with van der Waals surface area (Å²) in [7, 11) is 0. The number of hydrogen-bond acceptors (Lipinski definition) is 8. The molecule has 4 atom stereocenters. The second kappa shape index (κ2) is 14.0. The highest BCUT2D eigenvalue weighted by Crippen LogP contribution is 2.43. The summed E-state index contributed by atoms with van der Waals surface area (Å²) in [4.78, 5) is 20.9. The zero-order valence-corrected chi connectivity index (χ0v) is 25.0. The first-order valence-corrected chi connectivity index (χ1v) is 15.4. The van der Waals surface area contributed by atoms with Crippen LogP contribution in [0.15, 0.2) is 109 Å². The van der Waals surface area contributed by atoms with Crippen LogP contribution in [0.2, 0.25) is 0 Å². The quantitative estimate of drug-likeness (QED) is 0.169. The predicted molar refractivity (Wildman–Crippen MR) is 167 cm³/mol. The average molecular weight is 608 g/mol. The van der Waals surface area contributed by atoms with Crippen LogP contribution in [-0.2, 0) is 22.6 Å². The summed E-state index contributed by atoms with van der Waals surface area (Å²) in [5, 5.41) is 20.1. The Morgan fingerprint density at radius 1 is 0.977 bits per heavy atom. The Morgan fingerprint density at radius 3 is 2.50 bits per heavy atom. The van der Waals surface area contributed by atoms with Crippen molar-refractivity contribution in [2.75, 3.05) is 5.75 Å². The van der Waals surface area contributed by atoms with Crippen LogP contribution in [0.5, 0.6) is 0 Å². The molecule has 2 aromatic heterocycles. The summed E-state index contributed by atoms with van der Waals surface area (Å²) in [5.74, 6) is 0.577. The molecular formula is C34H33N5O4S. The molecule has 10 heteroatoms. The summed E-state index contributed by atoms with van der Waals surface area (Å²) in [6.45, 7) is 2.52. The van der Waals surface area contributed by atoms with Crippen molar-refractivity contribution in [3.63, 3.8) is 0 Å². The van der Waals surface area contributed by atoms with Crippen LogP contribution in [0, 0.1) is 5.92 Å². The molecule has 5 aromatic rings. The molecule has 3 N–H and O–H groups in total. The number of nitrogens with zero attached hydrogens (tertiary/aromatic N) is 3. The van der Waals surface area contributed by atoms with Gasteiger partial charge in [0.1, 0.15) is 6.33 Å². The van der Waals surface area contributed by atoms with Crippen molar-refractivity contribution < 1.29 is 19.4 Å². The van der Waals surface area contributed by atoms with Gasteiger partial charge in [-0.05, 0) is 39.9 Å². The van der Waals surface area contributed by atoms with Crippen molar-refractivity contribution in [1.29, 1.82) is 0 Å². The molecule has 0 radical (unpaired) electrons. The van der Waals surface area contributed by atoms with Gasteiger partial charge in [0.2, 0.25) is 0 Å². The standard InChI is InChI=1S/C34H33N5O4S/c1-22-30(20-44-34-37-21-38-39-34)42-33(43-31(22)25-10-8-23(19-40)9-11-25)26-14-12-24(13-15-26)29-7-3-2-5-27(29)18-36-32(41)28-6-4-16-35-17-28/h2-17,21-22,30-31,33,40H,18-20H2,1H3,(H,36,41)(H,37,38,39)/t22-,30+,31+,33+/m0/s1. The molecule has 0 spiro atoms. The monoisotopic (exact) mass is 607 g/mol. The highest BCUT2D eigenvalue weighted by Gasteiger charge is 2.38. The summed E-state index contributed by atoms with van der Waals surface area (Å²) < 4.78 is 13.2. The zero-order valence-electron chi connectivity index (χ0n) is 24.2. The second-order valence-corrected chi connectivity index (χ2v) is 11.6. The van der Waals surface area contributed by atoms with Gasteiger partial charge in [0, 0.05) is 36.2 Å². The minimum absolute atomic E-state index is 0.00407. The van der Waals surface area contributed by atoms with E-state index in [1.165, 1.54) is 6.33 Å². The van der Waals surface area contributed by atoms with Crippen molar-refractivity contribution in [3.05, 3.63) is 131 Å². The normalized spacial score (nSPS) is 19.9. The predicted octanol–water partition coefficient (Wildman–Crippen LogP) is 5.87. The van der Waals surface area contributed by atoms with Crippen LogP contribution in [0.4, 0.5) is 0 Å². The first-order valence-electron chi connectivity index (χ1n) is 14.4. The lowest BCUT2D eigenvalue weighted by atomic mass is 9.91. The van der Waals surface area contributed by atoms with Gasteiger partial charge in [0.05, 0.1) is 24.4 Å². The first kappa shape index (κ1) is 29.7. The summed E-state index contributed by atoms with van der Waals surface area (Å²) in [6, 6.07) is 27.6. The fourth-order valence-electron chi connectivity index (χ4n) is 5.29. The molecule has 0 unspecified atom stereocenters. The van der Waals surface area contributed by atoms with E-state index in [2.05, 4.69) is 50.6 Å². The van der Waals surface area contributed by atoms with Crippen LogP contribution in [0.1, 0.15) is 51.9 Å². The molecule has 1 aliphatic rings. The minimum atomic E-state index is -0.572. The smallest absolute Gasteiger partial charge is 0.253 e. The van der Waals surface area contributed by atoms with Crippen LogP contribution < -0.4 is 5.32 Å². The van der Waals surface area contributed by atoms with Gasteiger partial charge < -0.3 is 19.9 Å². The van der Waals surface area contributed by atoms with Crippen molar-refractivity contribution in [1.82, 2.24) is 25.5 Å². The van der Waals surface area contributed by atoms with E-state index in [1.54, 1.807) is 36.3 Å². The van der Waals surface area contributed by atoms with Gasteiger partial charge in [0.25, 0.3) is 5.91 Å². The van der Waals surface area contributed by atoms with Crippen molar-refractivity contribution in [2.45, 2.75) is 43.7 Å². The Kier molecular flexibility index (Phi) is 9.43. The van der Waals surface area contributed by atoms with Gasteiger partial charge >= 0.3 is 0 Å². The van der Waals surface area contributed by atoms with Gasteiger partial charge in [-0.15, -0.1) is 0 Å². The Balaban J connectivity index is 1.21. The summed E-state index contributed by atoms with van der Waals surface area (Å²) in [5.41, 5.74) is 6.40. The lowest BCUT2D eigenvalue weighted by Crippen LogP contribution is -2.38. The van der Waals surface area contributed by atoms with Crippen LogP contribution in [-0.4, -0.2) is 43.0 Å². The lowest BCUT2D eigenvalue weighted by Gasteiger charge is -2.41. The first-order chi connectivity index (χ1) is 21.6. The van der Waals surface area contributed by atoms with Gasteiger partial charge in [-0.3, -0.25) is 14.9 Å². The number of carbonyl (C=O) groups is 1. The number of benzene rings is 3. The largest absolute Gasteiger partial charge is 0.392 e. The summed E-state index contributed by atoms with van der Waals surface area (Å²) >= 11 is 1.57. The number of aliphatic hydroxyl groups is 1. The number of nitrogens with one attached hydrogen (secondary N) is 2. The number of aliphatic hydroxyl groups excluding tert-OH is 1. The lowest BCUT2D eigenvalue weighted by molar-refractivity contribution is -0.268. The molecule has 44 heavy (non-hydrogen) atoms. The maximum atomic E-state index is 12.6. The molecule has 9 nitrogen and oxygen atoms in total. The minimum Gasteiger partial charge on any atom is -0.392 e. The number of H-pyrrole nitrogens is 1. The third-order valence-electron chi connectivity index (χ3n) is 7.77. The highest BCUT2D eigenvalue weighted by molar-refractivity contribution is 7.99. The highest BCUT2D eigenvalue weighted by atomic mass is 32.2. The second-order valence-electron chi connectivity index (χ2n) is 10.6. The van der Waals surface area contributed by atoms with Crippen molar-refractivity contribution in [3.8, 4) is 11.1 Å². The third kappa shape index (κ3) is 6.89. The molecular weight excluding hydrogens is 574 g/mol. The number of pyridine rings is 1. The van der Waals surface area contributed by atoms with E-state index in [9.17, 15) is 9.90 Å². The SMILES string of the molecule is C[C@H]1[C@@H](CSc2ncn[nH]2)O[C@@H](c2ccc(-c3ccccc3CNC(=O)c3cccnc3)cc2)O[C@H]1c1ccc(CO)cc1. The number of amides is 1. The van der Waals surface area contributed by atoms with Crippen LogP contribution >= 0.6 is 11.8 Å². The Bertz CT molecular complexity index is 1650. The molecule has 3 heterocycles. The number of ether oxygens (including phenoxy) is 2. The number of hydrogen-bond donors (Lipinski definition) is 3. The number of aromatic amines is 1. The van der Waals surface area contributed by atoms with E-state index in [-0.39, 0.29) is 30.6 Å². The van der Waals surface area contributed by atoms with Gasteiger partial charge in [-0.25, -0.2) is 4.98 Å². The van der Waals surface area contributed by atoms with E-state index in [0.717, 1.165) is 38.5 Å². The van der Waals surface area contributed by atoms with Crippen molar-refractivity contribution in [2.24, 2.45) is 5.92 Å². The summed E-state index contributed by atoms with van der Waals surface area (Å²) in [6.07, 6.45) is 3.81. The molecule has 1 amide bonds. The molecule has 224 valence electrons. The Hall–Kier alpha value is -4.35. The number of rotatable bonds is 10. The number of thioether (sulfide) groups is 1. The molecule has 3 aromatic carbocycles. The zero-order chi connectivity index (χ0) is 30.3. The fourth-order valence-corrected chi connectivity index (χ4v) is 6.23. The third-order valence-corrected chi connectivity index (χ3v) is 8.74.